The first-order chi connectivity index (χ1) is 14.3. The number of nitrogens with one attached hydrogen (secondary N) is 2. The normalized spacial score (nSPS) is 22.7. The van der Waals surface area contributed by atoms with Crippen molar-refractivity contribution < 1.29 is 18.7 Å². The second kappa shape index (κ2) is 9.77. The topological polar surface area (TPSA) is 70.7 Å². The number of benzene rings is 1. The molecule has 7 heteroatoms. The third-order valence-electron chi connectivity index (χ3n) is 6.92. The van der Waals surface area contributed by atoms with Crippen molar-refractivity contribution in [2.45, 2.75) is 63.5 Å². The lowest BCUT2D eigenvalue weighted by Gasteiger charge is -2.46. The van der Waals surface area contributed by atoms with Gasteiger partial charge in [0, 0.05) is 36.8 Å². The fourth-order valence-corrected chi connectivity index (χ4v) is 4.40. The van der Waals surface area contributed by atoms with Crippen LogP contribution in [-0.4, -0.2) is 55.5 Å². The standard InChI is InChI=1S/C23H34FN3O3/c1-23(9-4-10-23)27(2)21(28)15-25-19-7-5-16(6-8-19)14-26-22(29)17-11-18(24)13-20(12-17)30-3/h11-13,16,19,25H,4-10,14-15H2,1-3H3,(H,26,29)/t16-,19+. The molecular weight excluding hydrogens is 385 g/mol. The van der Waals surface area contributed by atoms with Crippen molar-refractivity contribution in [1.29, 1.82) is 0 Å². The summed E-state index contributed by atoms with van der Waals surface area (Å²) < 4.78 is 18.6. The van der Waals surface area contributed by atoms with Crippen LogP contribution >= 0.6 is 0 Å². The van der Waals surface area contributed by atoms with E-state index in [0.717, 1.165) is 38.5 Å². The van der Waals surface area contributed by atoms with Gasteiger partial charge in [-0.2, -0.15) is 0 Å². The average Bonchev–Trinajstić information content (AvgIpc) is 2.73. The molecule has 0 aromatic heterocycles. The maximum absolute atomic E-state index is 13.6. The van der Waals surface area contributed by atoms with Gasteiger partial charge in [-0.05, 0) is 69.9 Å². The number of likely N-dealkylation sites (N-methyl/N-ethyl adjacent to an activating group) is 1. The Morgan fingerprint density at radius 2 is 1.90 bits per heavy atom. The first-order valence-electron chi connectivity index (χ1n) is 10.9. The summed E-state index contributed by atoms with van der Waals surface area (Å²) in [5.74, 6) is 0.119. The lowest BCUT2D eigenvalue weighted by Crippen LogP contribution is -2.54. The van der Waals surface area contributed by atoms with Gasteiger partial charge in [-0.3, -0.25) is 9.59 Å². The predicted octanol–water partition coefficient (Wildman–Crippen LogP) is 3.11. The minimum absolute atomic E-state index is 0.0420. The van der Waals surface area contributed by atoms with E-state index in [9.17, 15) is 14.0 Å². The van der Waals surface area contributed by atoms with Crippen LogP contribution in [0, 0.1) is 11.7 Å². The maximum atomic E-state index is 13.6. The molecule has 2 aliphatic carbocycles. The fraction of sp³-hybridized carbons (Fsp3) is 0.652. The van der Waals surface area contributed by atoms with Gasteiger partial charge >= 0.3 is 0 Å². The van der Waals surface area contributed by atoms with Gasteiger partial charge in [0.25, 0.3) is 5.91 Å². The summed E-state index contributed by atoms with van der Waals surface area (Å²) >= 11 is 0. The minimum atomic E-state index is -0.488. The zero-order valence-electron chi connectivity index (χ0n) is 18.3. The molecule has 2 fully saturated rings. The molecule has 0 unspecified atom stereocenters. The first-order valence-corrected chi connectivity index (χ1v) is 10.9. The highest BCUT2D eigenvalue weighted by Gasteiger charge is 2.38. The van der Waals surface area contributed by atoms with Crippen molar-refractivity contribution in [3.63, 3.8) is 0 Å². The summed E-state index contributed by atoms with van der Waals surface area (Å²) in [4.78, 5) is 26.7. The van der Waals surface area contributed by atoms with Crippen LogP contribution in [-0.2, 0) is 4.79 Å². The highest BCUT2D eigenvalue weighted by atomic mass is 19.1. The van der Waals surface area contributed by atoms with E-state index >= 15 is 0 Å². The van der Waals surface area contributed by atoms with Gasteiger partial charge in [-0.1, -0.05) is 0 Å². The molecule has 0 atom stereocenters. The molecule has 2 aliphatic rings. The van der Waals surface area contributed by atoms with Crippen LogP contribution in [0.5, 0.6) is 5.75 Å². The van der Waals surface area contributed by atoms with Crippen LogP contribution in [0.25, 0.3) is 0 Å². The zero-order chi connectivity index (χ0) is 21.7. The van der Waals surface area contributed by atoms with Crippen LogP contribution in [0.1, 0.15) is 62.2 Å². The lowest BCUT2D eigenvalue weighted by molar-refractivity contribution is -0.137. The second-order valence-electron chi connectivity index (χ2n) is 8.99. The van der Waals surface area contributed by atoms with Crippen molar-refractivity contribution in [1.82, 2.24) is 15.5 Å². The molecule has 0 saturated heterocycles. The van der Waals surface area contributed by atoms with E-state index in [0.29, 0.717) is 30.8 Å². The maximum Gasteiger partial charge on any atom is 0.251 e. The van der Waals surface area contributed by atoms with Crippen LogP contribution in [0.15, 0.2) is 18.2 Å². The van der Waals surface area contributed by atoms with Crippen molar-refractivity contribution in [2.24, 2.45) is 5.92 Å². The second-order valence-corrected chi connectivity index (χ2v) is 8.99. The summed E-state index contributed by atoms with van der Waals surface area (Å²) in [6.07, 6.45) is 7.35. The monoisotopic (exact) mass is 419 g/mol. The predicted molar refractivity (Wildman–Crippen MR) is 114 cm³/mol. The van der Waals surface area contributed by atoms with Gasteiger partial charge in [0.15, 0.2) is 0 Å². The van der Waals surface area contributed by atoms with Gasteiger partial charge in [-0.15, -0.1) is 0 Å². The molecule has 1 aromatic rings. The number of carbonyl (C=O) groups excluding carboxylic acids is 2. The number of nitrogens with zero attached hydrogens (tertiary/aromatic N) is 1. The third kappa shape index (κ3) is 5.50. The number of amides is 2. The number of halogens is 1. The molecule has 166 valence electrons. The summed E-state index contributed by atoms with van der Waals surface area (Å²) in [6, 6.07) is 4.35. The number of ether oxygens (including phenoxy) is 1. The number of hydrogen-bond acceptors (Lipinski definition) is 4. The summed E-state index contributed by atoms with van der Waals surface area (Å²) in [5.41, 5.74) is 0.310. The van der Waals surface area contributed by atoms with Crippen molar-refractivity contribution in [2.75, 3.05) is 27.2 Å². The molecule has 0 heterocycles. The summed E-state index contributed by atoms with van der Waals surface area (Å²) in [5, 5.41) is 6.33. The first kappa shape index (κ1) is 22.5. The highest BCUT2D eigenvalue weighted by molar-refractivity contribution is 5.94. The summed E-state index contributed by atoms with van der Waals surface area (Å²) in [7, 11) is 3.36. The van der Waals surface area contributed by atoms with Crippen molar-refractivity contribution in [3.8, 4) is 5.75 Å². The Morgan fingerprint density at radius 1 is 1.20 bits per heavy atom. The molecule has 6 nitrogen and oxygen atoms in total. The molecular formula is C23H34FN3O3. The molecule has 2 N–H and O–H groups in total. The quantitative estimate of drug-likeness (QED) is 0.679. The lowest BCUT2D eigenvalue weighted by atomic mass is 9.77. The van der Waals surface area contributed by atoms with Gasteiger partial charge < -0.3 is 20.3 Å². The SMILES string of the molecule is COc1cc(F)cc(C(=O)NC[C@H]2CC[C@@H](NCC(=O)N(C)C3(C)CCC3)CC2)c1. The number of rotatable bonds is 8. The smallest absolute Gasteiger partial charge is 0.251 e. The van der Waals surface area contributed by atoms with E-state index in [1.54, 1.807) is 0 Å². The Labute approximate surface area is 178 Å². The zero-order valence-corrected chi connectivity index (χ0v) is 18.3. The Hall–Kier alpha value is -2.15. The molecule has 0 aliphatic heterocycles. The average molecular weight is 420 g/mol. The molecule has 1 aromatic carbocycles. The van der Waals surface area contributed by atoms with E-state index in [1.165, 1.54) is 31.7 Å². The Balaban J connectivity index is 1.37. The molecule has 30 heavy (non-hydrogen) atoms. The Kier molecular flexibility index (Phi) is 7.34. The van der Waals surface area contributed by atoms with Crippen LogP contribution in [0.2, 0.25) is 0 Å². The molecule has 0 spiro atoms. The van der Waals surface area contributed by atoms with E-state index in [1.807, 2.05) is 11.9 Å². The number of methoxy groups -OCH3 is 1. The van der Waals surface area contributed by atoms with E-state index in [2.05, 4.69) is 17.6 Å². The van der Waals surface area contributed by atoms with E-state index in [4.69, 9.17) is 4.74 Å². The van der Waals surface area contributed by atoms with Gasteiger partial charge in [-0.25, -0.2) is 4.39 Å². The van der Waals surface area contributed by atoms with Gasteiger partial charge in [0.05, 0.1) is 13.7 Å². The van der Waals surface area contributed by atoms with Crippen LogP contribution < -0.4 is 15.4 Å². The number of hydrogen-bond donors (Lipinski definition) is 2. The summed E-state index contributed by atoms with van der Waals surface area (Å²) in [6.45, 7) is 3.12. The third-order valence-corrected chi connectivity index (χ3v) is 6.92. The highest BCUT2D eigenvalue weighted by Crippen LogP contribution is 2.36. The fourth-order valence-electron chi connectivity index (χ4n) is 4.40. The molecule has 0 bridgehead atoms. The van der Waals surface area contributed by atoms with Crippen molar-refractivity contribution >= 4 is 11.8 Å². The minimum Gasteiger partial charge on any atom is -0.497 e. The molecule has 2 amide bonds. The molecule has 3 rings (SSSR count). The van der Waals surface area contributed by atoms with E-state index < -0.39 is 5.82 Å². The molecule has 2 saturated carbocycles. The number of carbonyl (C=O) groups is 2. The molecule has 0 radical (unpaired) electrons. The van der Waals surface area contributed by atoms with Crippen LogP contribution in [0.4, 0.5) is 4.39 Å². The van der Waals surface area contributed by atoms with Crippen molar-refractivity contribution in [3.05, 3.63) is 29.6 Å². The van der Waals surface area contributed by atoms with Gasteiger partial charge in [0.2, 0.25) is 5.91 Å². The van der Waals surface area contributed by atoms with Crippen LogP contribution in [0.3, 0.4) is 0 Å². The Morgan fingerprint density at radius 3 is 2.50 bits per heavy atom. The van der Waals surface area contributed by atoms with Gasteiger partial charge in [0.1, 0.15) is 11.6 Å². The largest absolute Gasteiger partial charge is 0.497 e. The Bertz CT molecular complexity index is 758. The van der Waals surface area contributed by atoms with E-state index in [-0.39, 0.29) is 22.9 Å².